The summed E-state index contributed by atoms with van der Waals surface area (Å²) in [6.45, 7) is 7.84. The van der Waals surface area contributed by atoms with E-state index in [0.29, 0.717) is 17.9 Å². The standard InChI is InChI=1S/C19H27N3O2S/c1-13(2)12-17(23)21-19(25)20-16-6-4-15(5-7-16)18(24)22-10-8-14(3)9-11-22/h4-7,13-14H,8-12H2,1-3H3,(H2,20,21,23,25). The number of rotatable bonds is 4. The largest absolute Gasteiger partial charge is 0.339 e. The number of carbonyl (C=O) groups is 2. The van der Waals surface area contributed by atoms with E-state index >= 15 is 0 Å². The third-order valence-electron chi connectivity index (χ3n) is 4.31. The zero-order valence-electron chi connectivity index (χ0n) is 15.2. The van der Waals surface area contributed by atoms with Crippen molar-refractivity contribution in [3.05, 3.63) is 29.8 Å². The quantitative estimate of drug-likeness (QED) is 0.807. The first-order valence-electron chi connectivity index (χ1n) is 8.85. The summed E-state index contributed by atoms with van der Waals surface area (Å²) in [6.07, 6.45) is 2.56. The molecule has 1 aromatic rings. The maximum atomic E-state index is 12.5. The van der Waals surface area contributed by atoms with Gasteiger partial charge in [-0.2, -0.15) is 0 Å². The number of hydrogen-bond donors (Lipinski definition) is 2. The Labute approximate surface area is 155 Å². The first kappa shape index (κ1) is 19.4. The van der Waals surface area contributed by atoms with E-state index < -0.39 is 0 Å². The lowest BCUT2D eigenvalue weighted by molar-refractivity contribution is -0.120. The van der Waals surface area contributed by atoms with Gasteiger partial charge in [-0.05, 0) is 61.2 Å². The number of nitrogens with one attached hydrogen (secondary N) is 2. The highest BCUT2D eigenvalue weighted by atomic mass is 32.1. The van der Waals surface area contributed by atoms with Crippen molar-refractivity contribution in [1.82, 2.24) is 10.2 Å². The van der Waals surface area contributed by atoms with Crippen LogP contribution < -0.4 is 10.6 Å². The minimum Gasteiger partial charge on any atom is -0.339 e. The number of hydrogen-bond acceptors (Lipinski definition) is 3. The molecule has 1 aromatic carbocycles. The van der Waals surface area contributed by atoms with Crippen molar-refractivity contribution in [3.8, 4) is 0 Å². The summed E-state index contributed by atoms with van der Waals surface area (Å²) >= 11 is 5.14. The predicted molar refractivity (Wildman–Crippen MR) is 105 cm³/mol. The zero-order valence-corrected chi connectivity index (χ0v) is 16.0. The fourth-order valence-corrected chi connectivity index (χ4v) is 3.03. The number of carbonyl (C=O) groups excluding carboxylic acids is 2. The Balaban J connectivity index is 1.88. The highest BCUT2D eigenvalue weighted by Gasteiger charge is 2.21. The predicted octanol–water partition coefficient (Wildman–Crippen LogP) is 3.42. The van der Waals surface area contributed by atoms with Crippen LogP contribution in [0, 0.1) is 11.8 Å². The van der Waals surface area contributed by atoms with Gasteiger partial charge in [0.1, 0.15) is 0 Å². The molecule has 1 heterocycles. The van der Waals surface area contributed by atoms with Crippen LogP contribution in [0.5, 0.6) is 0 Å². The molecule has 1 aliphatic rings. The highest BCUT2D eigenvalue weighted by Crippen LogP contribution is 2.19. The average molecular weight is 362 g/mol. The minimum atomic E-state index is -0.0985. The molecule has 2 N–H and O–H groups in total. The first-order chi connectivity index (χ1) is 11.8. The van der Waals surface area contributed by atoms with Gasteiger partial charge < -0.3 is 15.5 Å². The van der Waals surface area contributed by atoms with E-state index in [0.717, 1.165) is 31.6 Å². The fraction of sp³-hybridized carbons (Fsp3) is 0.526. The Bertz CT molecular complexity index is 620. The molecule has 0 bridgehead atoms. The van der Waals surface area contributed by atoms with Gasteiger partial charge in [-0.25, -0.2) is 0 Å². The van der Waals surface area contributed by atoms with Gasteiger partial charge >= 0.3 is 0 Å². The number of anilines is 1. The molecule has 5 nitrogen and oxygen atoms in total. The third-order valence-corrected chi connectivity index (χ3v) is 4.51. The van der Waals surface area contributed by atoms with Gasteiger partial charge in [0.25, 0.3) is 5.91 Å². The van der Waals surface area contributed by atoms with Crippen LogP contribution in [-0.2, 0) is 4.79 Å². The monoisotopic (exact) mass is 361 g/mol. The Kier molecular flexibility index (Phi) is 6.93. The summed E-state index contributed by atoms with van der Waals surface area (Å²) in [5.74, 6) is 0.957. The lowest BCUT2D eigenvalue weighted by Gasteiger charge is -2.30. The second-order valence-corrected chi connectivity index (χ2v) is 7.56. The Hall–Kier alpha value is -1.95. The molecule has 2 amide bonds. The van der Waals surface area contributed by atoms with Crippen molar-refractivity contribution in [1.29, 1.82) is 0 Å². The minimum absolute atomic E-state index is 0.0752. The molecule has 0 unspecified atom stereocenters. The van der Waals surface area contributed by atoms with Gasteiger partial charge in [-0.3, -0.25) is 9.59 Å². The SMILES string of the molecule is CC(C)CC(=O)NC(=S)Nc1ccc(C(=O)N2CCC(C)CC2)cc1. The van der Waals surface area contributed by atoms with Crippen molar-refractivity contribution in [2.75, 3.05) is 18.4 Å². The molecule has 1 fully saturated rings. The number of benzene rings is 1. The lowest BCUT2D eigenvalue weighted by Crippen LogP contribution is -2.37. The van der Waals surface area contributed by atoms with Crippen LogP contribution in [0.3, 0.4) is 0 Å². The number of piperidine rings is 1. The maximum absolute atomic E-state index is 12.5. The molecule has 0 saturated carbocycles. The number of amides is 2. The van der Waals surface area contributed by atoms with Crippen molar-refractivity contribution in [2.45, 2.75) is 40.0 Å². The summed E-state index contributed by atoms with van der Waals surface area (Å²) in [4.78, 5) is 26.1. The summed E-state index contributed by atoms with van der Waals surface area (Å²) in [5.41, 5.74) is 1.42. The number of likely N-dealkylation sites (tertiary alicyclic amines) is 1. The van der Waals surface area contributed by atoms with Crippen molar-refractivity contribution < 1.29 is 9.59 Å². The smallest absolute Gasteiger partial charge is 0.253 e. The summed E-state index contributed by atoms with van der Waals surface area (Å²) in [7, 11) is 0. The summed E-state index contributed by atoms with van der Waals surface area (Å²) in [6, 6.07) is 7.20. The van der Waals surface area contributed by atoms with E-state index in [1.807, 2.05) is 18.7 Å². The molecule has 136 valence electrons. The average Bonchev–Trinajstić information content (AvgIpc) is 2.54. The molecule has 0 atom stereocenters. The number of nitrogens with zero attached hydrogens (tertiary/aromatic N) is 1. The van der Waals surface area contributed by atoms with Gasteiger partial charge in [0.2, 0.25) is 5.91 Å². The Morgan fingerprint density at radius 2 is 1.80 bits per heavy atom. The maximum Gasteiger partial charge on any atom is 0.253 e. The van der Waals surface area contributed by atoms with Crippen LogP contribution in [0.1, 0.15) is 50.4 Å². The second-order valence-electron chi connectivity index (χ2n) is 7.15. The summed E-state index contributed by atoms with van der Waals surface area (Å²) in [5, 5.41) is 5.90. The van der Waals surface area contributed by atoms with Gasteiger partial charge in [0, 0.05) is 30.8 Å². The van der Waals surface area contributed by atoms with Crippen LogP contribution in [0.15, 0.2) is 24.3 Å². The van der Waals surface area contributed by atoms with E-state index in [1.54, 1.807) is 24.3 Å². The van der Waals surface area contributed by atoms with Crippen LogP contribution in [-0.4, -0.2) is 34.9 Å². The van der Waals surface area contributed by atoms with Crippen LogP contribution in [0.2, 0.25) is 0 Å². The molecular weight excluding hydrogens is 334 g/mol. The van der Waals surface area contributed by atoms with Crippen molar-refractivity contribution in [2.24, 2.45) is 11.8 Å². The van der Waals surface area contributed by atoms with Crippen LogP contribution in [0.25, 0.3) is 0 Å². The third kappa shape index (κ3) is 6.12. The molecule has 6 heteroatoms. The highest BCUT2D eigenvalue weighted by molar-refractivity contribution is 7.80. The first-order valence-corrected chi connectivity index (χ1v) is 9.26. The van der Waals surface area contributed by atoms with Crippen LogP contribution in [0.4, 0.5) is 5.69 Å². The normalized spacial score (nSPS) is 15.1. The van der Waals surface area contributed by atoms with E-state index in [4.69, 9.17) is 12.2 Å². The molecule has 0 aliphatic carbocycles. The van der Waals surface area contributed by atoms with Gasteiger partial charge in [-0.15, -0.1) is 0 Å². The van der Waals surface area contributed by atoms with Gasteiger partial charge in [-0.1, -0.05) is 20.8 Å². The molecule has 1 aliphatic heterocycles. The summed E-state index contributed by atoms with van der Waals surface area (Å²) < 4.78 is 0. The fourth-order valence-electron chi connectivity index (χ4n) is 2.80. The number of thiocarbonyl (C=S) groups is 1. The van der Waals surface area contributed by atoms with Crippen LogP contribution >= 0.6 is 12.2 Å². The van der Waals surface area contributed by atoms with E-state index in [1.165, 1.54) is 0 Å². The molecule has 0 spiro atoms. The van der Waals surface area contributed by atoms with Crippen molar-refractivity contribution >= 4 is 34.8 Å². The van der Waals surface area contributed by atoms with Gasteiger partial charge in [0.15, 0.2) is 5.11 Å². The Morgan fingerprint density at radius 3 is 2.36 bits per heavy atom. The molecule has 2 rings (SSSR count). The van der Waals surface area contributed by atoms with E-state index in [-0.39, 0.29) is 22.8 Å². The van der Waals surface area contributed by atoms with E-state index in [2.05, 4.69) is 17.6 Å². The molecule has 0 radical (unpaired) electrons. The molecule has 0 aromatic heterocycles. The Morgan fingerprint density at radius 1 is 1.20 bits per heavy atom. The van der Waals surface area contributed by atoms with Gasteiger partial charge in [0.05, 0.1) is 0 Å². The second kappa shape index (κ2) is 8.94. The molecule has 1 saturated heterocycles. The molecular formula is C19H27N3O2S. The lowest BCUT2D eigenvalue weighted by atomic mass is 9.98. The topological polar surface area (TPSA) is 61.4 Å². The van der Waals surface area contributed by atoms with E-state index in [9.17, 15) is 9.59 Å². The zero-order chi connectivity index (χ0) is 18.4. The molecule has 25 heavy (non-hydrogen) atoms. The van der Waals surface area contributed by atoms with Crippen molar-refractivity contribution in [3.63, 3.8) is 0 Å².